The molecule has 0 bridgehead atoms. The lowest BCUT2D eigenvalue weighted by Gasteiger charge is -2.05. The van der Waals surface area contributed by atoms with E-state index in [2.05, 4.69) is 27.1 Å². The number of pyridine rings is 1. The molecule has 0 fully saturated rings. The van der Waals surface area contributed by atoms with Crippen molar-refractivity contribution >= 4 is 22.7 Å². The van der Waals surface area contributed by atoms with E-state index in [0.29, 0.717) is 10.9 Å². The minimum atomic E-state index is 0.0355. The topological polar surface area (TPSA) is 74.4 Å². The van der Waals surface area contributed by atoms with Gasteiger partial charge in [-0.15, -0.1) is 5.10 Å². The molecule has 5 nitrogen and oxygen atoms in total. The molecule has 2 heterocycles. The third-order valence-electron chi connectivity index (χ3n) is 4.28. The second-order valence-corrected chi connectivity index (χ2v) is 7.22. The van der Waals surface area contributed by atoms with Crippen LogP contribution in [0, 0.1) is 13.8 Å². The Balaban J connectivity index is 1.54. The number of thioether (sulfide) groups is 1. The van der Waals surface area contributed by atoms with E-state index in [9.17, 15) is 4.79 Å². The second kappa shape index (κ2) is 6.80. The van der Waals surface area contributed by atoms with Crippen molar-refractivity contribution in [3.05, 3.63) is 75.6 Å². The number of rotatable bonds is 4. The van der Waals surface area contributed by atoms with Crippen LogP contribution in [0.4, 0.5) is 0 Å². The van der Waals surface area contributed by atoms with E-state index in [0.717, 1.165) is 33.5 Å². The van der Waals surface area contributed by atoms with Crippen LogP contribution in [-0.4, -0.2) is 20.2 Å². The smallest absolute Gasteiger partial charge is 0.209 e. The Labute approximate surface area is 154 Å². The van der Waals surface area contributed by atoms with Crippen molar-refractivity contribution in [2.45, 2.75) is 24.8 Å². The molecule has 4 aromatic rings. The minimum absolute atomic E-state index is 0.0355. The number of aromatic nitrogens is 4. The van der Waals surface area contributed by atoms with Crippen molar-refractivity contribution in [2.24, 2.45) is 0 Å². The number of para-hydroxylation sites is 1. The largest absolute Gasteiger partial charge is 0.357 e. The van der Waals surface area contributed by atoms with Crippen LogP contribution in [0.25, 0.3) is 22.3 Å². The molecular formula is C20H18N4OS. The summed E-state index contributed by atoms with van der Waals surface area (Å²) in [6, 6.07) is 15.5. The van der Waals surface area contributed by atoms with Gasteiger partial charge in [-0.2, -0.15) is 0 Å². The van der Waals surface area contributed by atoms with Crippen molar-refractivity contribution in [3.8, 4) is 11.4 Å². The van der Waals surface area contributed by atoms with Crippen LogP contribution in [0.1, 0.15) is 16.8 Å². The van der Waals surface area contributed by atoms with Gasteiger partial charge in [-0.1, -0.05) is 53.7 Å². The highest BCUT2D eigenvalue weighted by Gasteiger charge is 2.08. The molecule has 4 rings (SSSR count). The summed E-state index contributed by atoms with van der Waals surface area (Å²) in [4.78, 5) is 20.2. The third-order valence-corrected chi connectivity index (χ3v) is 5.17. The summed E-state index contributed by atoms with van der Waals surface area (Å²) >= 11 is 1.49. The number of nitrogens with one attached hydrogen (secondary N) is 2. The first-order chi connectivity index (χ1) is 12.6. The third kappa shape index (κ3) is 3.28. The van der Waals surface area contributed by atoms with Gasteiger partial charge in [0.25, 0.3) is 0 Å². The standard InChI is InChI=1S/C20H18N4OS/c1-12-6-8-14(9-7-12)19-22-20(24-23-19)26-11-15-10-17(25)16-5-3-4-13(2)18(16)21-15/h3-10H,11H2,1-2H3,(H,21,25)(H,22,23,24). The lowest BCUT2D eigenvalue weighted by molar-refractivity contribution is 0.972. The molecular weight excluding hydrogens is 344 g/mol. The molecule has 2 aromatic carbocycles. The predicted octanol–water partition coefficient (Wildman–Crippen LogP) is 4.22. The molecule has 0 spiro atoms. The fourth-order valence-corrected chi connectivity index (χ4v) is 3.55. The Morgan fingerprint density at radius 3 is 2.69 bits per heavy atom. The Kier molecular flexibility index (Phi) is 4.34. The number of nitrogens with zero attached hydrogens (tertiary/aromatic N) is 2. The zero-order chi connectivity index (χ0) is 18.1. The Hall–Kier alpha value is -2.86. The van der Waals surface area contributed by atoms with Crippen molar-refractivity contribution in [1.29, 1.82) is 0 Å². The lowest BCUT2D eigenvalue weighted by atomic mass is 10.1. The monoisotopic (exact) mass is 362 g/mol. The highest BCUT2D eigenvalue weighted by molar-refractivity contribution is 7.98. The van der Waals surface area contributed by atoms with Gasteiger partial charge in [0.15, 0.2) is 11.3 Å². The van der Waals surface area contributed by atoms with Crippen LogP contribution in [0.5, 0.6) is 0 Å². The van der Waals surface area contributed by atoms with E-state index in [1.165, 1.54) is 17.3 Å². The van der Waals surface area contributed by atoms with Gasteiger partial charge >= 0.3 is 0 Å². The number of fused-ring (bicyclic) bond motifs is 1. The van der Waals surface area contributed by atoms with Gasteiger partial charge < -0.3 is 4.98 Å². The molecule has 130 valence electrons. The molecule has 0 atom stereocenters. The van der Waals surface area contributed by atoms with Crippen molar-refractivity contribution in [2.75, 3.05) is 0 Å². The van der Waals surface area contributed by atoms with E-state index < -0.39 is 0 Å². The summed E-state index contributed by atoms with van der Waals surface area (Å²) in [5.74, 6) is 1.35. The molecule has 0 saturated carbocycles. The lowest BCUT2D eigenvalue weighted by Crippen LogP contribution is -2.05. The van der Waals surface area contributed by atoms with Crippen LogP contribution in [0.15, 0.2) is 58.5 Å². The molecule has 2 N–H and O–H groups in total. The highest BCUT2D eigenvalue weighted by atomic mass is 32.2. The predicted molar refractivity (Wildman–Crippen MR) is 105 cm³/mol. The van der Waals surface area contributed by atoms with Gasteiger partial charge in [0, 0.05) is 28.5 Å². The van der Waals surface area contributed by atoms with Gasteiger partial charge in [0.2, 0.25) is 5.16 Å². The fraction of sp³-hybridized carbons (Fsp3) is 0.150. The van der Waals surface area contributed by atoms with E-state index in [1.54, 1.807) is 6.07 Å². The molecule has 6 heteroatoms. The van der Waals surface area contributed by atoms with Crippen LogP contribution < -0.4 is 5.43 Å². The number of H-pyrrole nitrogens is 2. The van der Waals surface area contributed by atoms with E-state index in [-0.39, 0.29) is 5.43 Å². The molecule has 0 amide bonds. The Morgan fingerprint density at radius 1 is 1.08 bits per heavy atom. The zero-order valence-electron chi connectivity index (χ0n) is 14.5. The summed E-state index contributed by atoms with van der Waals surface area (Å²) in [6.07, 6.45) is 0. The first kappa shape index (κ1) is 16.6. The minimum Gasteiger partial charge on any atom is -0.357 e. The summed E-state index contributed by atoms with van der Waals surface area (Å²) in [5.41, 5.74) is 5.07. The van der Waals surface area contributed by atoms with Crippen LogP contribution in [0.3, 0.4) is 0 Å². The first-order valence-corrected chi connectivity index (χ1v) is 9.32. The first-order valence-electron chi connectivity index (χ1n) is 8.34. The van der Waals surface area contributed by atoms with Crippen LogP contribution in [-0.2, 0) is 5.75 Å². The van der Waals surface area contributed by atoms with E-state index in [4.69, 9.17) is 0 Å². The summed E-state index contributed by atoms with van der Waals surface area (Å²) < 4.78 is 0. The quantitative estimate of drug-likeness (QED) is 0.533. The molecule has 0 saturated heterocycles. The Morgan fingerprint density at radius 2 is 1.88 bits per heavy atom. The van der Waals surface area contributed by atoms with E-state index in [1.807, 2.05) is 49.4 Å². The molecule has 0 unspecified atom stereocenters. The van der Waals surface area contributed by atoms with Gasteiger partial charge in [-0.25, -0.2) is 4.98 Å². The number of aromatic amines is 2. The molecule has 0 aliphatic rings. The highest BCUT2D eigenvalue weighted by Crippen LogP contribution is 2.23. The van der Waals surface area contributed by atoms with Gasteiger partial charge in [0.05, 0.1) is 5.52 Å². The molecule has 0 radical (unpaired) electrons. The SMILES string of the molecule is Cc1ccc(-c2nc(SCc3cc(=O)c4cccc(C)c4[nH]3)n[nH]2)cc1. The summed E-state index contributed by atoms with van der Waals surface area (Å²) in [5, 5.41) is 8.62. The number of benzene rings is 2. The average molecular weight is 362 g/mol. The zero-order valence-corrected chi connectivity index (χ0v) is 15.4. The normalized spacial score (nSPS) is 11.2. The summed E-state index contributed by atoms with van der Waals surface area (Å²) in [7, 11) is 0. The van der Waals surface area contributed by atoms with Crippen molar-refractivity contribution in [3.63, 3.8) is 0 Å². The summed E-state index contributed by atoms with van der Waals surface area (Å²) in [6.45, 7) is 4.05. The molecule has 2 aromatic heterocycles. The maximum absolute atomic E-state index is 12.3. The van der Waals surface area contributed by atoms with Gasteiger partial charge in [0.1, 0.15) is 0 Å². The molecule has 0 aliphatic heterocycles. The van der Waals surface area contributed by atoms with Crippen molar-refractivity contribution in [1.82, 2.24) is 20.2 Å². The molecule has 26 heavy (non-hydrogen) atoms. The molecule has 0 aliphatic carbocycles. The number of hydrogen-bond donors (Lipinski definition) is 2. The maximum atomic E-state index is 12.3. The van der Waals surface area contributed by atoms with E-state index >= 15 is 0 Å². The fourth-order valence-electron chi connectivity index (χ4n) is 2.84. The van der Waals surface area contributed by atoms with Gasteiger partial charge in [-0.3, -0.25) is 9.89 Å². The van der Waals surface area contributed by atoms with Crippen LogP contribution >= 0.6 is 11.8 Å². The number of hydrogen-bond acceptors (Lipinski definition) is 4. The average Bonchev–Trinajstić information content (AvgIpc) is 3.10. The maximum Gasteiger partial charge on any atom is 0.209 e. The number of aryl methyl sites for hydroxylation is 2. The van der Waals surface area contributed by atoms with Gasteiger partial charge in [-0.05, 0) is 25.5 Å². The van der Waals surface area contributed by atoms with Crippen molar-refractivity contribution < 1.29 is 0 Å². The van der Waals surface area contributed by atoms with Crippen LogP contribution in [0.2, 0.25) is 0 Å². The second-order valence-electron chi connectivity index (χ2n) is 6.28. The Bertz CT molecular complexity index is 1130.